The minimum atomic E-state index is -2.92. The minimum Gasteiger partial charge on any atom is -0.365 e. The van der Waals surface area contributed by atoms with Gasteiger partial charge in [0.05, 0.1) is 17.2 Å². The lowest BCUT2D eigenvalue weighted by Crippen LogP contribution is -2.47. The van der Waals surface area contributed by atoms with Gasteiger partial charge in [-0.3, -0.25) is 14.5 Å². The molecule has 36 heavy (non-hydrogen) atoms. The number of anilines is 1. The number of rotatable bonds is 5. The van der Waals surface area contributed by atoms with Gasteiger partial charge in [0.15, 0.2) is 5.82 Å². The Morgan fingerprint density at radius 3 is 2.47 bits per heavy atom. The Morgan fingerprint density at radius 2 is 1.83 bits per heavy atom. The van der Waals surface area contributed by atoms with Crippen molar-refractivity contribution < 1.29 is 22.4 Å². The molecular formula is C24H24F4N6O2. The van der Waals surface area contributed by atoms with Gasteiger partial charge in [0.2, 0.25) is 5.95 Å². The van der Waals surface area contributed by atoms with Crippen molar-refractivity contribution >= 4 is 22.6 Å². The number of pyridine rings is 1. The molecule has 2 N–H and O–H groups in total. The topological polar surface area (TPSA) is 94.2 Å². The van der Waals surface area contributed by atoms with Crippen molar-refractivity contribution in [2.24, 2.45) is 0 Å². The monoisotopic (exact) mass is 504 g/mol. The number of hydrogen-bond donors (Lipinski definition) is 2. The molecular weight excluding hydrogens is 480 g/mol. The largest absolute Gasteiger partial charge is 0.365 e. The van der Waals surface area contributed by atoms with E-state index in [4.69, 9.17) is 0 Å². The van der Waals surface area contributed by atoms with E-state index in [0.717, 1.165) is 0 Å². The number of aromatic amines is 1. The van der Waals surface area contributed by atoms with Crippen molar-refractivity contribution in [3.8, 4) is 0 Å². The summed E-state index contributed by atoms with van der Waals surface area (Å²) in [5.74, 6) is -5.15. The number of piperazine rings is 1. The second-order valence-electron chi connectivity index (χ2n) is 9.21. The third kappa shape index (κ3) is 4.41. The predicted octanol–water partition coefficient (Wildman–Crippen LogP) is 2.93. The van der Waals surface area contributed by atoms with Crippen LogP contribution in [-0.4, -0.2) is 63.9 Å². The van der Waals surface area contributed by atoms with Crippen LogP contribution in [0.15, 0.2) is 29.1 Å². The van der Waals surface area contributed by atoms with Gasteiger partial charge in [-0.2, -0.15) is 4.39 Å². The second kappa shape index (κ2) is 8.84. The molecule has 5 rings (SSSR count). The molecule has 2 atom stereocenters. The van der Waals surface area contributed by atoms with E-state index in [1.165, 1.54) is 12.1 Å². The number of nitrogens with one attached hydrogen (secondary N) is 2. The molecule has 1 aromatic carbocycles. The lowest BCUT2D eigenvalue weighted by atomic mass is 10.0. The normalized spacial score (nSPS) is 20.4. The average Bonchev–Trinajstić information content (AvgIpc) is 3.45. The van der Waals surface area contributed by atoms with Crippen LogP contribution >= 0.6 is 0 Å². The van der Waals surface area contributed by atoms with Crippen LogP contribution in [0.25, 0.3) is 11.0 Å². The van der Waals surface area contributed by atoms with Gasteiger partial charge < -0.3 is 15.2 Å². The smallest absolute Gasteiger partial charge is 0.270 e. The van der Waals surface area contributed by atoms with Crippen molar-refractivity contribution in [3.63, 3.8) is 0 Å². The highest BCUT2D eigenvalue weighted by atomic mass is 19.3. The zero-order valence-corrected chi connectivity index (χ0v) is 19.6. The Balaban J connectivity index is 1.25. The van der Waals surface area contributed by atoms with Crippen LogP contribution in [0.5, 0.6) is 0 Å². The number of carbonyl (C=O) groups excluding carboxylic acids is 1. The standard InChI is InChI=1S/C24H24F4N6O2/c1-12-22(35)32-20-15(29-12)4-3-14(19(20)25)13(2)33-7-9-34(10-8-33)17-6-5-16(30-21(17)26)23(36)31-18-11-24(18,27)28/h3-6,13,18H,7-11H2,1-2H3,(H,31,36)(H,32,35). The number of fused-ring (bicyclic) bond motifs is 1. The maximum atomic E-state index is 15.2. The van der Waals surface area contributed by atoms with E-state index >= 15 is 4.39 Å². The quantitative estimate of drug-likeness (QED) is 0.410. The summed E-state index contributed by atoms with van der Waals surface area (Å²) >= 11 is 0. The summed E-state index contributed by atoms with van der Waals surface area (Å²) < 4.78 is 56.0. The molecule has 2 unspecified atom stereocenters. The second-order valence-corrected chi connectivity index (χ2v) is 9.21. The maximum absolute atomic E-state index is 15.2. The molecule has 2 aliphatic rings. The molecule has 1 aliphatic heterocycles. The number of aromatic nitrogens is 3. The van der Waals surface area contributed by atoms with Gasteiger partial charge in [0, 0.05) is 44.2 Å². The molecule has 0 radical (unpaired) electrons. The molecule has 1 saturated heterocycles. The maximum Gasteiger partial charge on any atom is 0.270 e. The molecule has 8 nitrogen and oxygen atoms in total. The minimum absolute atomic E-state index is 0.0660. The summed E-state index contributed by atoms with van der Waals surface area (Å²) in [6.07, 6.45) is -0.431. The van der Waals surface area contributed by atoms with Crippen LogP contribution in [0, 0.1) is 18.7 Å². The molecule has 190 valence electrons. The fourth-order valence-electron chi connectivity index (χ4n) is 4.49. The number of halogens is 4. The number of aryl methyl sites for hydroxylation is 1. The SMILES string of the molecule is Cc1nc2ccc(C(C)N3CCN(c4ccc(C(=O)NC5CC5(F)F)nc4F)CC3)c(F)c2[nH]c1=O. The molecule has 12 heteroatoms. The highest BCUT2D eigenvalue weighted by molar-refractivity contribution is 5.93. The van der Waals surface area contributed by atoms with Crippen molar-refractivity contribution in [2.45, 2.75) is 38.3 Å². The van der Waals surface area contributed by atoms with Crippen LogP contribution in [0.3, 0.4) is 0 Å². The van der Waals surface area contributed by atoms with E-state index in [1.807, 2.05) is 11.8 Å². The van der Waals surface area contributed by atoms with Gasteiger partial charge in [-0.25, -0.2) is 23.1 Å². The Bertz CT molecular complexity index is 1400. The first-order valence-electron chi connectivity index (χ1n) is 11.6. The first kappa shape index (κ1) is 24.2. The Morgan fingerprint density at radius 1 is 1.14 bits per heavy atom. The summed E-state index contributed by atoms with van der Waals surface area (Å²) in [5, 5.41) is 2.15. The Kier molecular flexibility index (Phi) is 5.93. The molecule has 3 aromatic rings. The van der Waals surface area contributed by atoms with Crippen LogP contribution in [-0.2, 0) is 0 Å². The van der Waals surface area contributed by atoms with Gasteiger partial charge >= 0.3 is 0 Å². The summed E-state index contributed by atoms with van der Waals surface area (Å²) in [4.78, 5) is 38.2. The van der Waals surface area contributed by atoms with E-state index < -0.39 is 41.6 Å². The number of benzene rings is 1. The summed E-state index contributed by atoms with van der Waals surface area (Å²) in [6.45, 7) is 5.27. The Labute approximate surface area is 203 Å². The average molecular weight is 504 g/mol. The molecule has 1 saturated carbocycles. The summed E-state index contributed by atoms with van der Waals surface area (Å²) in [5.41, 5.74) is 0.615. The number of hydrogen-bond acceptors (Lipinski definition) is 6. The lowest BCUT2D eigenvalue weighted by molar-refractivity contribution is 0.0844. The van der Waals surface area contributed by atoms with E-state index in [9.17, 15) is 22.8 Å². The lowest BCUT2D eigenvalue weighted by Gasteiger charge is -2.39. The third-order valence-corrected chi connectivity index (χ3v) is 6.85. The number of H-pyrrole nitrogens is 1. The van der Waals surface area contributed by atoms with Gasteiger partial charge in [0.25, 0.3) is 17.4 Å². The molecule has 3 heterocycles. The van der Waals surface area contributed by atoms with E-state index in [-0.39, 0.29) is 28.6 Å². The number of nitrogens with zero attached hydrogens (tertiary/aromatic N) is 4. The fourth-order valence-corrected chi connectivity index (χ4v) is 4.49. The van der Waals surface area contributed by atoms with Gasteiger partial charge in [-0.05, 0) is 32.0 Å². The molecule has 2 fully saturated rings. The van der Waals surface area contributed by atoms with Crippen molar-refractivity contribution in [2.75, 3.05) is 31.1 Å². The summed E-state index contributed by atoms with van der Waals surface area (Å²) in [6, 6.07) is 4.50. The first-order chi connectivity index (χ1) is 17.0. The van der Waals surface area contributed by atoms with Gasteiger partial charge in [-0.15, -0.1) is 0 Å². The molecule has 2 aromatic heterocycles. The van der Waals surface area contributed by atoms with E-state index in [0.29, 0.717) is 37.3 Å². The molecule has 1 amide bonds. The highest BCUT2D eigenvalue weighted by Crippen LogP contribution is 2.41. The fraction of sp³-hybridized carbons (Fsp3) is 0.417. The van der Waals surface area contributed by atoms with Crippen LogP contribution in [0.4, 0.5) is 23.2 Å². The zero-order chi connectivity index (χ0) is 25.8. The third-order valence-electron chi connectivity index (χ3n) is 6.85. The molecule has 1 aliphatic carbocycles. The van der Waals surface area contributed by atoms with Crippen molar-refractivity contribution in [1.29, 1.82) is 0 Å². The van der Waals surface area contributed by atoms with E-state index in [1.54, 1.807) is 24.0 Å². The van der Waals surface area contributed by atoms with Gasteiger partial charge in [0.1, 0.15) is 16.9 Å². The first-order valence-corrected chi connectivity index (χ1v) is 11.6. The summed E-state index contributed by atoms with van der Waals surface area (Å²) in [7, 11) is 0. The highest BCUT2D eigenvalue weighted by Gasteiger charge is 2.58. The number of carbonyl (C=O) groups is 1. The van der Waals surface area contributed by atoms with Crippen LogP contribution < -0.4 is 15.8 Å². The Hall–Kier alpha value is -3.54. The van der Waals surface area contributed by atoms with Crippen LogP contribution in [0.1, 0.15) is 41.1 Å². The zero-order valence-electron chi connectivity index (χ0n) is 19.6. The molecule has 0 spiro atoms. The molecule has 0 bridgehead atoms. The van der Waals surface area contributed by atoms with Crippen LogP contribution in [0.2, 0.25) is 0 Å². The van der Waals surface area contributed by atoms with Gasteiger partial charge in [-0.1, -0.05) is 6.07 Å². The van der Waals surface area contributed by atoms with Crippen molar-refractivity contribution in [1.82, 2.24) is 25.2 Å². The van der Waals surface area contributed by atoms with Crippen molar-refractivity contribution in [3.05, 3.63) is 63.3 Å². The number of amides is 1. The number of alkyl halides is 2. The predicted molar refractivity (Wildman–Crippen MR) is 124 cm³/mol. The van der Waals surface area contributed by atoms with E-state index in [2.05, 4.69) is 20.3 Å².